The quantitative estimate of drug-likeness (QED) is 0.662. The SMILES string of the molecule is C[C@@H]1[C@H](C)CCC[C@@H]1NC(=O)c1ccc(Cn2cc([N+](=O)[O-])cn2)o1. The number of carbonyl (C=O) groups is 1. The van der Waals surface area contributed by atoms with Crippen LogP contribution in [-0.2, 0) is 6.54 Å². The van der Waals surface area contributed by atoms with Gasteiger partial charge in [-0.2, -0.15) is 5.10 Å². The van der Waals surface area contributed by atoms with Crippen LogP contribution in [0.4, 0.5) is 5.69 Å². The molecule has 0 radical (unpaired) electrons. The summed E-state index contributed by atoms with van der Waals surface area (Å²) in [6.07, 6.45) is 5.82. The Balaban J connectivity index is 1.62. The van der Waals surface area contributed by atoms with Gasteiger partial charge in [0.2, 0.25) is 0 Å². The van der Waals surface area contributed by atoms with E-state index in [-0.39, 0.29) is 29.9 Å². The van der Waals surface area contributed by atoms with Crippen molar-refractivity contribution in [3.05, 3.63) is 46.2 Å². The van der Waals surface area contributed by atoms with Crippen molar-refractivity contribution in [1.82, 2.24) is 15.1 Å². The molecule has 0 unspecified atom stereocenters. The van der Waals surface area contributed by atoms with Crippen molar-refractivity contribution in [2.24, 2.45) is 11.8 Å². The molecule has 8 heteroatoms. The lowest BCUT2D eigenvalue weighted by Gasteiger charge is -2.34. The Morgan fingerprint density at radius 3 is 2.96 bits per heavy atom. The van der Waals surface area contributed by atoms with Crippen LogP contribution in [0.1, 0.15) is 49.4 Å². The fraction of sp³-hybridized carbons (Fsp3) is 0.529. The number of amides is 1. The maximum absolute atomic E-state index is 12.4. The van der Waals surface area contributed by atoms with Crippen molar-refractivity contribution in [1.29, 1.82) is 0 Å². The Morgan fingerprint density at radius 2 is 2.24 bits per heavy atom. The zero-order valence-electron chi connectivity index (χ0n) is 14.3. The highest BCUT2D eigenvalue weighted by Crippen LogP contribution is 2.29. The number of nitro groups is 1. The summed E-state index contributed by atoms with van der Waals surface area (Å²) in [5.74, 6) is 1.59. The minimum Gasteiger partial charge on any atom is -0.454 e. The molecular weight excluding hydrogens is 324 g/mol. The lowest BCUT2D eigenvalue weighted by molar-refractivity contribution is -0.385. The summed E-state index contributed by atoms with van der Waals surface area (Å²) in [6, 6.07) is 3.48. The van der Waals surface area contributed by atoms with E-state index in [0.29, 0.717) is 17.6 Å². The van der Waals surface area contributed by atoms with Crippen LogP contribution in [0, 0.1) is 22.0 Å². The molecule has 0 saturated heterocycles. The summed E-state index contributed by atoms with van der Waals surface area (Å²) >= 11 is 0. The maximum atomic E-state index is 12.4. The van der Waals surface area contributed by atoms with Crippen LogP contribution >= 0.6 is 0 Å². The van der Waals surface area contributed by atoms with E-state index in [9.17, 15) is 14.9 Å². The second kappa shape index (κ2) is 7.08. The predicted octanol–water partition coefficient (Wildman–Crippen LogP) is 2.99. The fourth-order valence-electron chi connectivity index (χ4n) is 3.30. The smallest absolute Gasteiger partial charge is 0.307 e. The van der Waals surface area contributed by atoms with Crippen LogP contribution in [0.25, 0.3) is 0 Å². The Hall–Kier alpha value is -2.64. The Kier molecular flexibility index (Phi) is 4.87. The van der Waals surface area contributed by atoms with Gasteiger partial charge in [0.05, 0.1) is 11.5 Å². The van der Waals surface area contributed by atoms with Gasteiger partial charge >= 0.3 is 5.69 Å². The lowest BCUT2D eigenvalue weighted by Crippen LogP contribution is -2.43. The maximum Gasteiger partial charge on any atom is 0.307 e. The van der Waals surface area contributed by atoms with Gasteiger partial charge in [0.1, 0.15) is 18.2 Å². The van der Waals surface area contributed by atoms with Crippen LogP contribution < -0.4 is 5.32 Å². The van der Waals surface area contributed by atoms with Gasteiger partial charge in [0.15, 0.2) is 5.76 Å². The molecule has 25 heavy (non-hydrogen) atoms. The van der Waals surface area contributed by atoms with E-state index in [2.05, 4.69) is 24.3 Å². The van der Waals surface area contributed by atoms with E-state index < -0.39 is 4.92 Å². The molecule has 0 aromatic carbocycles. The van der Waals surface area contributed by atoms with Gasteiger partial charge in [-0.15, -0.1) is 0 Å². The third-order valence-corrected chi connectivity index (χ3v) is 5.06. The highest BCUT2D eigenvalue weighted by Gasteiger charge is 2.29. The molecule has 134 valence electrons. The summed E-state index contributed by atoms with van der Waals surface area (Å²) in [5.41, 5.74) is -0.0788. The van der Waals surface area contributed by atoms with Crippen LogP contribution in [0.2, 0.25) is 0 Å². The van der Waals surface area contributed by atoms with Crippen molar-refractivity contribution < 1.29 is 14.1 Å². The van der Waals surface area contributed by atoms with Crippen molar-refractivity contribution in [2.75, 3.05) is 0 Å². The van der Waals surface area contributed by atoms with Crippen molar-refractivity contribution in [2.45, 2.75) is 45.7 Å². The molecule has 3 atom stereocenters. The number of furan rings is 1. The van der Waals surface area contributed by atoms with E-state index >= 15 is 0 Å². The van der Waals surface area contributed by atoms with Gasteiger partial charge in [-0.3, -0.25) is 19.6 Å². The van der Waals surface area contributed by atoms with Crippen LogP contribution in [0.3, 0.4) is 0 Å². The van der Waals surface area contributed by atoms with Crippen molar-refractivity contribution >= 4 is 11.6 Å². The van der Waals surface area contributed by atoms with Gasteiger partial charge in [-0.25, -0.2) is 0 Å². The molecule has 1 fully saturated rings. The van der Waals surface area contributed by atoms with Gasteiger partial charge in [0.25, 0.3) is 5.91 Å². The normalized spacial score (nSPS) is 23.4. The first-order valence-corrected chi connectivity index (χ1v) is 8.50. The van der Waals surface area contributed by atoms with Crippen LogP contribution in [-0.4, -0.2) is 26.7 Å². The molecule has 0 bridgehead atoms. The Bertz CT molecular complexity index is 766. The van der Waals surface area contributed by atoms with E-state index in [0.717, 1.165) is 12.8 Å². The van der Waals surface area contributed by atoms with Gasteiger partial charge in [-0.05, 0) is 30.4 Å². The van der Waals surface area contributed by atoms with Crippen LogP contribution in [0.5, 0.6) is 0 Å². The zero-order chi connectivity index (χ0) is 18.0. The number of hydrogen-bond acceptors (Lipinski definition) is 5. The molecule has 0 aliphatic heterocycles. The highest BCUT2D eigenvalue weighted by molar-refractivity contribution is 5.91. The standard InChI is InChI=1S/C17H22N4O4/c1-11-4-3-5-15(12(11)2)19-17(22)16-7-6-14(25-16)10-20-9-13(8-18-20)21(23)24/h6-9,11-12,15H,3-5,10H2,1-2H3,(H,19,22)/t11-,12-,15+/m1/s1. The minimum atomic E-state index is -0.503. The van der Waals surface area contributed by atoms with Gasteiger partial charge in [-0.1, -0.05) is 26.7 Å². The summed E-state index contributed by atoms with van der Waals surface area (Å²) in [6.45, 7) is 4.63. The second-order valence-electron chi connectivity index (χ2n) is 6.77. The average molecular weight is 346 g/mol. The minimum absolute atomic E-state index is 0.0788. The van der Waals surface area contributed by atoms with Gasteiger partial charge < -0.3 is 9.73 Å². The summed E-state index contributed by atoms with van der Waals surface area (Å²) in [5, 5.41) is 17.7. The van der Waals surface area contributed by atoms with Gasteiger partial charge in [0, 0.05) is 6.04 Å². The monoisotopic (exact) mass is 346 g/mol. The Labute approximate surface area is 145 Å². The second-order valence-corrected chi connectivity index (χ2v) is 6.77. The molecular formula is C17H22N4O4. The molecule has 1 aliphatic rings. The first-order chi connectivity index (χ1) is 11.9. The van der Waals surface area contributed by atoms with E-state index in [1.807, 2.05) is 0 Å². The third kappa shape index (κ3) is 3.89. The zero-order valence-corrected chi connectivity index (χ0v) is 14.3. The number of rotatable bonds is 5. The summed E-state index contributed by atoms with van der Waals surface area (Å²) < 4.78 is 6.99. The first kappa shape index (κ1) is 17.2. The number of hydrogen-bond donors (Lipinski definition) is 1. The third-order valence-electron chi connectivity index (χ3n) is 5.06. The highest BCUT2D eigenvalue weighted by atomic mass is 16.6. The van der Waals surface area contributed by atoms with E-state index in [4.69, 9.17) is 4.42 Å². The number of nitrogens with one attached hydrogen (secondary N) is 1. The summed E-state index contributed by atoms with van der Waals surface area (Å²) in [7, 11) is 0. The number of aromatic nitrogens is 2. The first-order valence-electron chi connectivity index (χ1n) is 8.50. The van der Waals surface area contributed by atoms with Crippen molar-refractivity contribution in [3.8, 4) is 0 Å². The van der Waals surface area contributed by atoms with Crippen molar-refractivity contribution in [3.63, 3.8) is 0 Å². The van der Waals surface area contributed by atoms with E-state index in [1.165, 1.54) is 23.5 Å². The van der Waals surface area contributed by atoms with Crippen LogP contribution in [0.15, 0.2) is 28.9 Å². The molecule has 2 heterocycles. The largest absolute Gasteiger partial charge is 0.454 e. The predicted molar refractivity (Wildman–Crippen MR) is 90.1 cm³/mol. The molecule has 1 amide bonds. The Morgan fingerprint density at radius 1 is 1.44 bits per heavy atom. The molecule has 8 nitrogen and oxygen atoms in total. The number of nitrogens with zero attached hydrogens (tertiary/aromatic N) is 3. The molecule has 2 aromatic heterocycles. The van der Waals surface area contributed by atoms with E-state index in [1.54, 1.807) is 12.1 Å². The molecule has 1 N–H and O–H groups in total. The number of carbonyl (C=O) groups excluding carboxylic acids is 1. The fourth-order valence-corrected chi connectivity index (χ4v) is 3.30. The lowest BCUT2D eigenvalue weighted by atomic mass is 9.78. The molecule has 0 spiro atoms. The molecule has 1 aliphatic carbocycles. The molecule has 1 saturated carbocycles. The summed E-state index contributed by atoms with van der Waals surface area (Å²) in [4.78, 5) is 22.6. The molecule has 3 rings (SSSR count). The average Bonchev–Trinajstić information content (AvgIpc) is 3.22. The molecule has 2 aromatic rings. The topological polar surface area (TPSA) is 103 Å².